The number of aliphatic carboxylic acids is 1. The molecule has 2 N–H and O–H groups in total. The first kappa shape index (κ1) is 14.0. The molecule has 1 saturated carbocycles. The summed E-state index contributed by atoms with van der Waals surface area (Å²) in [6.45, 7) is 3.95. The van der Waals surface area contributed by atoms with Crippen molar-refractivity contribution in [2.45, 2.75) is 58.4 Å². The minimum atomic E-state index is -0.779. The average Bonchev–Trinajstić information content (AvgIpc) is 2.29. The Morgan fingerprint density at radius 1 is 1.35 bits per heavy atom. The maximum absolute atomic E-state index is 11.9. The Morgan fingerprint density at radius 2 is 2.00 bits per heavy atom. The Hall–Kier alpha value is -1.06. The van der Waals surface area contributed by atoms with E-state index in [-0.39, 0.29) is 17.9 Å². The number of hydrogen-bond acceptors (Lipinski definition) is 2. The summed E-state index contributed by atoms with van der Waals surface area (Å²) < 4.78 is 0. The zero-order valence-corrected chi connectivity index (χ0v) is 10.7. The number of carboxylic acids is 1. The first-order valence-corrected chi connectivity index (χ1v) is 6.59. The number of carbonyl (C=O) groups is 2. The van der Waals surface area contributed by atoms with E-state index in [4.69, 9.17) is 5.11 Å². The maximum Gasteiger partial charge on any atom is 0.308 e. The molecule has 1 rings (SSSR count). The van der Waals surface area contributed by atoms with Crippen molar-refractivity contribution in [3.8, 4) is 0 Å². The number of carboxylic acid groups (broad SMARTS) is 1. The minimum Gasteiger partial charge on any atom is -0.481 e. The largest absolute Gasteiger partial charge is 0.481 e. The second-order valence-electron chi connectivity index (χ2n) is 5.03. The maximum atomic E-state index is 11.9. The zero-order chi connectivity index (χ0) is 12.8. The van der Waals surface area contributed by atoms with Gasteiger partial charge in [0.25, 0.3) is 0 Å². The van der Waals surface area contributed by atoms with Crippen LogP contribution in [0.5, 0.6) is 0 Å². The number of carbonyl (C=O) groups excluding carboxylic acids is 1. The number of amides is 1. The van der Waals surface area contributed by atoms with Gasteiger partial charge >= 0.3 is 5.97 Å². The molecule has 0 heterocycles. The normalized spacial score (nSPS) is 26.2. The van der Waals surface area contributed by atoms with Crippen LogP contribution >= 0.6 is 0 Å². The summed E-state index contributed by atoms with van der Waals surface area (Å²) in [6, 6.07) is -0.173. The van der Waals surface area contributed by atoms with Crippen molar-refractivity contribution in [1.29, 1.82) is 0 Å². The average molecular weight is 241 g/mol. The van der Waals surface area contributed by atoms with Crippen LogP contribution in [0.25, 0.3) is 0 Å². The van der Waals surface area contributed by atoms with Gasteiger partial charge in [-0.05, 0) is 19.3 Å². The van der Waals surface area contributed by atoms with Crippen LogP contribution in [0.4, 0.5) is 0 Å². The van der Waals surface area contributed by atoms with Crippen LogP contribution in [0.3, 0.4) is 0 Å². The topological polar surface area (TPSA) is 66.4 Å². The molecular formula is C13H23NO3. The molecule has 1 amide bonds. The molecule has 1 fully saturated rings. The van der Waals surface area contributed by atoms with Crippen molar-refractivity contribution in [2.24, 2.45) is 11.8 Å². The number of rotatable bonds is 5. The van der Waals surface area contributed by atoms with Crippen molar-refractivity contribution < 1.29 is 14.7 Å². The Balaban J connectivity index is 2.52. The molecule has 4 nitrogen and oxygen atoms in total. The SMILES string of the molecule is CCCC(C)C(=O)NC1CCCCC1C(=O)O. The van der Waals surface area contributed by atoms with E-state index in [9.17, 15) is 9.59 Å². The lowest BCUT2D eigenvalue weighted by Gasteiger charge is -2.30. The number of hydrogen-bond donors (Lipinski definition) is 2. The molecule has 0 saturated heterocycles. The molecule has 0 aliphatic heterocycles. The van der Waals surface area contributed by atoms with Crippen molar-refractivity contribution in [2.75, 3.05) is 0 Å². The highest BCUT2D eigenvalue weighted by Gasteiger charge is 2.32. The Labute approximate surface area is 103 Å². The molecule has 4 heteroatoms. The molecule has 1 aliphatic carbocycles. The monoisotopic (exact) mass is 241 g/mol. The van der Waals surface area contributed by atoms with Gasteiger partial charge in [-0.15, -0.1) is 0 Å². The summed E-state index contributed by atoms with van der Waals surface area (Å²) in [7, 11) is 0. The van der Waals surface area contributed by atoms with Gasteiger partial charge in [0.2, 0.25) is 5.91 Å². The second kappa shape index (κ2) is 6.62. The molecule has 1 aliphatic rings. The van der Waals surface area contributed by atoms with Gasteiger partial charge in [0, 0.05) is 12.0 Å². The van der Waals surface area contributed by atoms with E-state index in [0.717, 1.165) is 32.1 Å². The van der Waals surface area contributed by atoms with Crippen LogP contribution in [0, 0.1) is 11.8 Å². The highest BCUT2D eigenvalue weighted by Crippen LogP contribution is 2.25. The third-order valence-electron chi connectivity index (χ3n) is 3.58. The van der Waals surface area contributed by atoms with E-state index in [0.29, 0.717) is 6.42 Å². The molecule has 0 aromatic carbocycles. The molecule has 3 unspecified atom stereocenters. The van der Waals surface area contributed by atoms with Crippen LogP contribution in [-0.4, -0.2) is 23.0 Å². The Kier molecular flexibility index (Phi) is 5.45. The fourth-order valence-electron chi connectivity index (χ4n) is 2.49. The fraction of sp³-hybridized carbons (Fsp3) is 0.846. The standard InChI is InChI=1S/C13H23NO3/c1-3-6-9(2)12(15)14-11-8-5-4-7-10(11)13(16)17/h9-11H,3-8H2,1-2H3,(H,14,15)(H,16,17). The molecule has 0 bridgehead atoms. The van der Waals surface area contributed by atoms with Gasteiger partial charge in [-0.1, -0.05) is 33.1 Å². The van der Waals surface area contributed by atoms with E-state index in [2.05, 4.69) is 5.32 Å². The summed E-state index contributed by atoms with van der Waals surface area (Å²) in [4.78, 5) is 23.0. The van der Waals surface area contributed by atoms with Crippen LogP contribution in [0.15, 0.2) is 0 Å². The zero-order valence-electron chi connectivity index (χ0n) is 10.7. The van der Waals surface area contributed by atoms with Crippen molar-refractivity contribution in [1.82, 2.24) is 5.32 Å². The quantitative estimate of drug-likeness (QED) is 0.775. The highest BCUT2D eigenvalue weighted by atomic mass is 16.4. The molecule has 3 atom stereocenters. The van der Waals surface area contributed by atoms with Gasteiger partial charge in [-0.3, -0.25) is 9.59 Å². The fourth-order valence-corrected chi connectivity index (χ4v) is 2.49. The third kappa shape index (κ3) is 4.02. The lowest BCUT2D eigenvalue weighted by atomic mass is 9.84. The van der Waals surface area contributed by atoms with E-state index in [1.165, 1.54) is 0 Å². The lowest BCUT2D eigenvalue weighted by molar-refractivity contribution is -0.144. The summed E-state index contributed by atoms with van der Waals surface area (Å²) in [5.41, 5.74) is 0. The second-order valence-corrected chi connectivity index (χ2v) is 5.03. The molecule has 17 heavy (non-hydrogen) atoms. The predicted octanol–water partition coefficient (Wildman–Crippen LogP) is 2.18. The van der Waals surface area contributed by atoms with E-state index in [1.807, 2.05) is 13.8 Å². The lowest BCUT2D eigenvalue weighted by Crippen LogP contribution is -2.46. The van der Waals surface area contributed by atoms with Crippen molar-refractivity contribution in [3.63, 3.8) is 0 Å². The summed E-state index contributed by atoms with van der Waals surface area (Å²) in [5.74, 6) is -1.19. The van der Waals surface area contributed by atoms with Gasteiger partial charge in [-0.25, -0.2) is 0 Å². The van der Waals surface area contributed by atoms with Gasteiger partial charge in [0.1, 0.15) is 0 Å². The molecular weight excluding hydrogens is 218 g/mol. The highest BCUT2D eigenvalue weighted by molar-refractivity contribution is 5.80. The van der Waals surface area contributed by atoms with E-state index in [1.54, 1.807) is 0 Å². The van der Waals surface area contributed by atoms with Gasteiger partial charge in [-0.2, -0.15) is 0 Å². The summed E-state index contributed by atoms with van der Waals surface area (Å²) in [6.07, 6.45) is 5.27. The van der Waals surface area contributed by atoms with Crippen LogP contribution < -0.4 is 5.32 Å². The Morgan fingerprint density at radius 3 is 2.59 bits per heavy atom. The van der Waals surface area contributed by atoms with E-state index >= 15 is 0 Å². The predicted molar refractivity (Wildman–Crippen MR) is 65.6 cm³/mol. The number of nitrogens with one attached hydrogen (secondary N) is 1. The van der Waals surface area contributed by atoms with Crippen LogP contribution in [0.2, 0.25) is 0 Å². The molecule has 98 valence electrons. The Bertz CT molecular complexity index is 278. The third-order valence-corrected chi connectivity index (χ3v) is 3.58. The first-order chi connectivity index (χ1) is 8.06. The molecule has 0 spiro atoms. The molecule has 0 aromatic heterocycles. The van der Waals surface area contributed by atoms with E-state index < -0.39 is 11.9 Å². The van der Waals surface area contributed by atoms with Crippen molar-refractivity contribution in [3.05, 3.63) is 0 Å². The molecule has 0 radical (unpaired) electrons. The van der Waals surface area contributed by atoms with Crippen LogP contribution in [-0.2, 0) is 9.59 Å². The summed E-state index contributed by atoms with van der Waals surface area (Å²) >= 11 is 0. The van der Waals surface area contributed by atoms with Gasteiger partial charge in [0.05, 0.1) is 5.92 Å². The van der Waals surface area contributed by atoms with Gasteiger partial charge in [0.15, 0.2) is 0 Å². The smallest absolute Gasteiger partial charge is 0.308 e. The van der Waals surface area contributed by atoms with Gasteiger partial charge < -0.3 is 10.4 Å². The van der Waals surface area contributed by atoms with Crippen molar-refractivity contribution >= 4 is 11.9 Å². The van der Waals surface area contributed by atoms with Crippen LogP contribution in [0.1, 0.15) is 52.4 Å². The minimum absolute atomic E-state index is 0.00463. The first-order valence-electron chi connectivity index (χ1n) is 6.59. The molecule has 0 aromatic rings. The summed E-state index contributed by atoms with van der Waals surface area (Å²) in [5, 5.41) is 12.0.